The van der Waals surface area contributed by atoms with Crippen LogP contribution >= 0.6 is 10.7 Å². The zero-order valence-electron chi connectivity index (χ0n) is 12.1. The fraction of sp³-hybridized carbons (Fsp3) is 0.571. The minimum absolute atomic E-state index is 0.0815. The first-order chi connectivity index (χ1) is 9.18. The smallest absolute Gasteiger partial charge is 0.234 e. The number of hydrogen-bond acceptors (Lipinski definition) is 4. The third kappa shape index (κ3) is 7.12. The van der Waals surface area contributed by atoms with Crippen LogP contribution in [0.2, 0.25) is 0 Å². The van der Waals surface area contributed by atoms with E-state index in [9.17, 15) is 8.42 Å². The Morgan fingerprint density at radius 3 is 2.15 bits per heavy atom. The first-order valence-corrected chi connectivity index (χ1v) is 8.90. The number of rotatable bonds is 7. The molecule has 0 aliphatic rings. The summed E-state index contributed by atoms with van der Waals surface area (Å²) in [7, 11) is 1.58. The van der Waals surface area contributed by atoms with Gasteiger partial charge in [0.05, 0.1) is 19.0 Å². The molecule has 1 rings (SSSR count). The van der Waals surface area contributed by atoms with Gasteiger partial charge in [-0.15, -0.1) is 0 Å². The van der Waals surface area contributed by atoms with Crippen LogP contribution in [0.3, 0.4) is 0 Å². The van der Waals surface area contributed by atoms with Gasteiger partial charge in [-0.2, -0.15) is 0 Å². The third-order valence-corrected chi connectivity index (χ3v) is 3.81. The molecule has 1 aromatic carbocycles. The van der Waals surface area contributed by atoms with Crippen molar-refractivity contribution in [2.24, 2.45) is 0 Å². The van der Waals surface area contributed by atoms with Gasteiger partial charge in [0.15, 0.2) is 0 Å². The average Bonchev–Trinajstić information content (AvgIpc) is 2.32. The molecule has 0 saturated heterocycles. The van der Waals surface area contributed by atoms with Crippen molar-refractivity contribution < 1.29 is 17.9 Å². The van der Waals surface area contributed by atoms with Crippen LogP contribution in [0.1, 0.15) is 26.3 Å². The molecule has 0 spiro atoms. The van der Waals surface area contributed by atoms with E-state index in [0.717, 1.165) is 5.75 Å². The lowest BCUT2D eigenvalue weighted by molar-refractivity contribution is 0.111. The van der Waals surface area contributed by atoms with Crippen molar-refractivity contribution in [1.82, 2.24) is 0 Å². The van der Waals surface area contributed by atoms with Crippen molar-refractivity contribution in [1.29, 1.82) is 0 Å². The van der Waals surface area contributed by atoms with Gasteiger partial charge in [-0.3, -0.25) is 0 Å². The van der Waals surface area contributed by atoms with Crippen LogP contribution in [0.4, 0.5) is 0 Å². The molecule has 1 aromatic rings. The summed E-state index contributed by atoms with van der Waals surface area (Å²) in [6.45, 7) is 7.24. The predicted octanol–water partition coefficient (Wildman–Crippen LogP) is 2.95. The molecule has 0 radical (unpaired) electrons. The van der Waals surface area contributed by atoms with Gasteiger partial charge in [-0.1, -0.05) is 32.9 Å². The molecule has 4 nitrogen and oxygen atoms in total. The van der Waals surface area contributed by atoms with Crippen molar-refractivity contribution >= 4 is 19.7 Å². The number of hydrogen-bond donors (Lipinski definition) is 0. The van der Waals surface area contributed by atoms with Crippen molar-refractivity contribution in [3.05, 3.63) is 29.8 Å². The van der Waals surface area contributed by atoms with E-state index in [0.29, 0.717) is 13.2 Å². The van der Waals surface area contributed by atoms with Crippen molar-refractivity contribution in [3.8, 4) is 5.75 Å². The Kier molecular flexibility index (Phi) is 6.30. The van der Waals surface area contributed by atoms with Crippen LogP contribution in [0.15, 0.2) is 24.3 Å². The summed E-state index contributed by atoms with van der Waals surface area (Å²) < 4.78 is 31.9. The van der Waals surface area contributed by atoms with Gasteiger partial charge in [0, 0.05) is 10.7 Å². The van der Waals surface area contributed by atoms with Gasteiger partial charge >= 0.3 is 0 Å². The van der Waals surface area contributed by atoms with Crippen LogP contribution in [0.5, 0.6) is 5.75 Å². The molecule has 0 aromatic heterocycles. The Morgan fingerprint density at radius 2 is 1.65 bits per heavy atom. The second-order valence-corrected chi connectivity index (χ2v) is 8.37. The molecule has 0 fully saturated rings. The zero-order valence-corrected chi connectivity index (χ0v) is 13.6. The standard InChI is InChI=1S/C14H21ClO4S/c1-14(2,3)12-4-6-13(7-5-12)19-9-8-18-10-11-20(15,16)17/h4-7H,8-11H2,1-3H3. The molecular formula is C14H21ClO4S. The van der Waals surface area contributed by atoms with Gasteiger partial charge in [0.1, 0.15) is 12.4 Å². The number of ether oxygens (including phenoxy) is 2. The highest BCUT2D eigenvalue weighted by atomic mass is 35.7. The molecule has 20 heavy (non-hydrogen) atoms. The molecule has 0 bridgehead atoms. The summed E-state index contributed by atoms with van der Waals surface area (Å²) in [5.74, 6) is 0.584. The fourth-order valence-electron chi connectivity index (χ4n) is 1.53. The second-order valence-electron chi connectivity index (χ2n) is 5.48. The average molecular weight is 321 g/mol. The molecule has 0 saturated carbocycles. The predicted molar refractivity (Wildman–Crippen MR) is 81.1 cm³/mol. The highest BCUT2D eigenvalue weighted by molar-refractivity contribution is 8.13. The largest absolute Gasteiger partial charge is 0.491 e. The Hall–Kier alpha value is -0.780. The monoisotopic (exact) mass is 320 g/mol. The van der Waals surface area contributed by atoms with E-state index in [2.05, 4.69) is 20.8 Å². The van der Waals surface area contributed by atoms with E-state index >= 15 is 0 Å². The quantitative estimate of drug-likeness (QED) is 0.572. The maximum Gasteiger partial charge on any atom is 0.234 e. The van der Waals surface area contributed by atoms with E-state index in [-0.39, 0.29) is 17.8 Å². The lowest BCUT2D eigenvalue weighted by Crippen LogP contribution is -2.12. The Bertz CT molecular complexity index is 503. The lowest BCUT2D eigenvalue weighted by atomic mass is 9.87. The first kappa shape index (κ1) is 17.3. The highest BCUT2D eigenvalue weighted by Crippen LogP contribution is 2.24. The van der Waals surface area contributed by atoms with Gasteiger partial charge in [0.2, 0.25) is 9.05 Å². The summed E-state index contributed by atoms with van der Waals surface area (Å²) in [6.07, 6.45) is 0. The Morgan fingerprint density at radius 1 is 1.05 bits per heavy atom. The summed E-state index contributed by atoms with van der Waals surface area (Å²) >= 11 is 0. The summed E-state index contributed by atoms with van der Waals surface area (Å²) in [6, 6.07) is 7.92. The van der Waals surface area contributed by atoms with Crippen molar-refractivity contribution in [3.63, 3.8) is 0 Å². The minimum atomic E-state index is -3.48. The molecule has 0 atom stereocenters. The topological polar surface area (TPSA) is 52.6 Å². The minimum Gasteiger partial charge on any atom is -0.491 e. The molecule has 0 aliphatic heterocycles. The first-order valence-electron chi connectivity index (χ1n) is 6.42. The summed E-state index contributed by atoms with van der Waals surface area (Å²) in [5, 5.41) is 0. The van der Waals surface area contributed by atoms with E-state index in [1.807, 2.05) is 24.3 Å². The highest BCUT2D eigenvalue weighted by Gasteiger charge is 2.12. The van der Waals surface area contributed by atoms with Crippen molar-refractivity contribution in [2.45, 2.75) is 26.2 Å². The van der Waals surface area contributed by atoms with Crippen molar-refractivity contribution in [2.75, 3.05) is 25.6 Å². The molecule has 6 heteroatoms. The molecule has 0 aliphatic carbocycles. The zero-order chi connectivity index (χ0) is 15.2. The van der Waals surface area contributed by atoms with Crippen LogP contribution in [0, 0.1) is 0 Å². The van der Waals surface area contributed by atoms with Gasteiger partial charge < -0.3 is 9.47 Å². The van der Waals surface area contributed by atoms with Crippen LogP contribution in [-0.2, 0) is 19.2 Å². The second kappa shape index (κ2) is 7.29. The normalized spacial score (nSPS) is 12.4. The summed E-state index contributed by atoms with van der Waals surface area (Å²) in [5.41, 5.74) is 1.36. The third-order valence-electron chi connectivity index (χ3n) is 2.69. The molecule has 0 unspecified atom stereocenters. The van der Waals surface area contributed by atoms with Gasteiger partial charge in [-0.05, 0) is 23.1 Å². The number of halogens is 1. The van der Waals surface area contributed by atoms with Gasteiger partial charge in [0.25, 0.3) is 0 Å². The van der Waals surface area contributed by atoms with Crippen LogP contribution < -0.4 is 4.74 Å². The molecule has 0 N–H and O–H groups in total. The Labute approximate surface area is 125 Å². The van der Waals surface area contributed by atoms with E-state index in [1.165, 1.54) is 5.56 Å². The lowest BCUT2D eigenvalue weighted by Gasteiger charge is -2.19. The fourth-order valence-corrected chi connectivity index (χ4v) is 2.04. The van der Waals surface area contributed by atoms with Crippen LogP contribution in [-0.4, -0.2) is 34.0 Å². The molecule has 0 heterocycles. The maximum absolute atomic E-state index is 10.7. The SMILES string of the molecule is CC(C)(C)c1ccc(OCCOCCS(=O)(=O)Cl)cc1. The number of benzene rings is 1. The van der Waals surface area contributed by atoms with E-state index in [1.54, 1.807) is 0 Å². The molecule has 114 valence electrons. The van der Waals surface area contributed by atoms with Crippen LogP contribution in [0.25, 0.3) is 0 Å². The molecular weight excluding hydrogens is 300 g/mol. The summed E-state index contributed by atoms with van der Waals surface area (Å²) in [4.78, 5) is 0. The molecule has 0 amide bonds. The van der Waals surface area contributed by atoms with E-state index < -0.39 is 9.05 Å². The van der Waals surface area contributed by atoms with Gasteiger partial charge in [-0.25, -0.2) is 8.42 Å². The van der Waals surface area contributed by atoms with E-state index in [4.69, 9.17) is 20.2 Å². The Balaban J connectivity index is 2.26. The maximum atomic E-state index is 10.7.